The average molecular weight is 259 g/mol. The van der Waals surface area contributed by atoms with Crippen molar-refractivity contribution in [3.05, 3.63) is 51.7 Å². The summed E-state index contributed by atoms with van der Waals surface area (Å²) in [7, 11) is 0. The third kappa shape index (κ3) is 3.34. The number of nitrogens with two attached hydrogens (primary N) is 1. The summed E-state index contributed by atoms with van der Waals surface area (Å²) in [6.45, 7) is 4.77. The summed E-state index contributed by atoms with van der Waals surface area (Å²) in [5.41, 5.74) is 9.30. The molecule has 0 saturated heterocycles. The van der Waals surface area contributed by atoms with Gasteiger partial charge in [-0.05, 0) is 48.6 Å². The Morgan fingerprint density at radius 1 is 1.33 bits per heavy atom. The lowest BCUT2D eigenvalue weighted by Gasteiger charge is -2.06. The lowest BCUT2D eigenvalue weighted by molar-refractivity contribution is 1.08. The highest BCUT2D eigenvalue weighted by Gasteiger charge is 1.99. The molecule has 2 aromatic rings. The van der Waals surface area contributed by atoms with E-state index in [0.29, 0.717) is 12.5 Å². The fourth-order valence-corrected chi connectivity index (χ4v) is 2.46. The molecule has 3 nitrogen and oxygen atoms in total. The molecule has 3 N–H and O–H groups in total. The van der Waals surface area contributed by atoms with Gasteiger partial charge in [0, 0.05) is 10.6 Å². The van der Waals surface area contributed by atoms with Gasteiger partial charge in [0.15, 0.2) is 5.96 Å². The SMILES string of the molecule is Cc1cccc(NC(N)=NCc2sccc2C)c1. The van der Waals surface area contributed by atoms with E-state index < -0.39 is 0 Å². The van der Waals surface area contributed by atoms with E-state index in [4.69, 9.17) is 5.73 Å². The van der Waals surface area contributed by atoms with Gasteiger partial charge in [-0.2, -0.15) is 0 Å². The number of thiophene rings is 1. The van der Waals surface area contributed by atoms with E-state index in [1.165, 1.54) is 16.0 Å². The maximum Gasteiger partial charge on any atom is 0.193 e. The van der Waals surface area contributed by atoms with Gasteiger partial charge in [-0.15, -0.1) is 11.3 Å². The lowest BCUT2D eigenvalue weighted by atomic mass is 10.2. The normalized spacial score (nSPS) is 11.6. The molecular weight excluding hydrogens is 242 g/mol. The molecule has 0 atom stereocenters. The molecule has 0 saturated carbocycles. The number of nitrogens with zero attached hydrogens (tertiary/aromatic N) is 1. The van der Waals surface area contributed by atoms with Crippen LogP contribution in [0.2, 0.25) is 0 Å². The van der Waals surface area contributed by atoms with Crippen molar-refractivity contribution in [3.8, 4) is 0 Å². The number of aryl methyl sites for hydroxylation is 2. The number of hydrogen-bond donors (Lipinski definition) is 2. The second-order valence-electron chi connectivity index (χ2n) is 4.22. The molecule has 0 aliphatic rings. The van der Waals surface area contributed by atoms with Crippen LogP contribution in [-0.2, 0) is 6.54 Å². The Bertz CT molecular complexity index is 558. The molecule has 0 aliphatic carbocycles. The number of benzene rings is 1. The van der Waals surface area contributed by atoms with E-state index in [2.05, 4.69) is 28.7 Å². The second-order valence-corrected chi connectivity index (χ2v) is 5.22. The van der Waals surface area contributed by atoms with Gasteiger partial charge in [0.2, 0.25) is 0 Å². The first-order chi connectivity index (χ1) is 8.65. The Hall–Kier alpha value is -1.81. The molecule has 4 heteroatoms. The minimum Gasteiger partial charge on any atom is -0.370 e. The maximum absolute atomic E-state index is 5.87. The Labute approximate surface area is 111 Å². The predicted octanol–water partition coefficient (Wildman–Crippen LogP) is 3.29. The summed E-state index contributed by atoms with van der Waals surface area (Å²) in [5.74, 6) is 0.452. The monoisotopic (exact) mass is 259 g/mol. The molecule has 0 spiro atoms. The molecule has 0 radical (unpaired) electrons. The summed E-state index contributed by atoms with van der Waals surface area (Å²) in [6.07, 6.45) is 0. The molecule has 0 fully saturated rings. The van der Waals surface area contributed by atoms with E-state index in [-0.39, 0.29) is 0 Å². The van der Waals surface area contributed by atoms with Crippen molar-refractivity contribution < 1.29 is 0 Å². The third-order valence-corrected chi connectivity index (χ3v) is 3.66. The van der Waals surface area contributed by atoms with Crippen LogP contribution in [0.15, 0.2) is 40.7 Å². The molecule has 18 heavy (non-hydrogen) atoms. The lowest BCUT2D eigenvalue weighted by Crippen LogP contribution is -2.22. The Kier molecular flexibility index (Phi) is 3.99. The summed E-state index contributed by atoms with van der Waals surface area (Å²) in [4.78, 5) is 5.60. The molecule has 0 amide bonds. The van der Waals surface area contributed by atoms with Crippen molar-refractivity contribution >= 4 is 23.0 Å². The van der Waals surface area contributed by atoms with Gasteiger partial charge in [-0.3, -0.25) is 0 Å². The first-order valence-electron chi connectivity index (χ1n) is 5.82. The summed E-state index contributed by atoms with van der Waals surface area (Å²) >= 11 is 1.71. The van der Waals surface area contributed by atoms with Crippen molar-refractivity contribution in [3.63, 3.8) is 0 Å². The molecule has 0 aliphatic heterocycles. The smallest absolute Gasteiger partial charge is 0.193 e. The number of rotatable bonds is 3. The average Bonchev–Trinajstić information content (AvgIpc) is 2.72. The maximum atomic E-state index is 5.87. The highest BCUT2D eigenvalue weighted by atomic mass is 32.1. The highest BCUT2D eigenvalue weighted by Crippen LogP contribution is 2.16. The number of aliphatic imine (C=N–C) groups is 1. The van der Waals surface area contributed by atoms with Gasteiger partial charge in [-0.1, -0.05) is 12.1 Å². The van der Waals surface area contributed by atoms with Crippen LogP contribution in [0.4, 0.5) is 5.69 Å². The van der Waals surface area contributed by atoms with Crippen molar-refractivity contribution in [2.45, 2.75) is 20.4 Å². The van der Waals surface area contributed by atoms with Gasteiger partial charge < -0.3 is 11.1 Å². The minimum atomic E-state index is 0.452. The fraction of sp³-hybridized carbons (Fsp3) is 0.214. The van der Waals surface area contributed by atoms with Crippen LogP contribution in [-0.4, -0.2) is 5.96 Å². The molecule has 2 rings (SSSR count). The molecule has 94 valence electrons. The first kappa shape index (κ1) is 12.6. The predicted molar refractivity (Wildman–Crippen MR) is 79.2 cm³/mol. The number of hydrogen-bond acceptors (Lipinski definition) is 2. The summed E-state index contributed by atoms with van der Waals surface area (Å²) in [5, 5.41) is 5.17. The van der Waals surface area contributed by atoms with Crippen molar-refractivity contribution in [1.29, 1.82) is 0 Å². The minimum absolute atomic E-state index is 0.452. The van der Waals surface area contributed by atoms with Crippen molar-refractivity contribution in [2.24, 2.45) is 10.7 Å². The van der Waals surface area contributed by atoms with Gasteiger partial charge >= 0.3 is 0 Å². The van der Waals surface area contributed by atoms with E-state index in [0.717, 1.165) is 5.69 Å². The van der Waals surface area contributed by atoms with Crippen molar-refractivity contribution in [1.82, 2.24) is 0 Å². The van der Waals surface area contributed by atoms with Crippen molar-refractivity contribution in [2.75, 3.05) is 5.32 Å². The van der Waals surface area contributed by atoms with Crippen LogP contribution in [0, 0.1) is 13.8 Å². The quantitative estimate of drug-likeness (QED) is 0.656. The molecule has 0 unspecified atom stereocenters. The Balaban J connectivity index is 1.99. The summed E-state index contributed by atoms with van der Waals surface area (Å²) in [6, 6.07) is 10.2. The molecule has 1 aromatic carbocycles. The standard InChI is InChI=1S/C14H17N3S/c1-10-4-3-5-12(8-10)17-14(15)16-9-13-11(2)6-7-18-13/h3-8H,9H2,1-2H3,(H3,15,16,17). The van der Waals surface area contributed by atoms with Crippen LogP contribution in [0.1, 0.15) is 16.0 Å². The number of nitrogens with one attached hydrogen (secondary N) is 1. The van der Waals surface area contributed by atoms with E-state index in [1.807, 2.05) is 31.2 Å². The second kappa shape index (κ2) is 5.69. The van der Waals surface area contributed by atoms with Gasteiger partial charge in [-0.25, -0.2) is 4.99 Å². The number of anilines is 1. The van der Waals surface area contributed by atoms with Crippen LogP contribution >= 0.6 is 11.3 Å². The fourth-order valence-electron chi connectivity index (χ4n) is 1.63. The third-order valence-electron chi connectivity index (χ3n) is 2.65. The molecular formula is C14H17N3S. The Morgan fingerprint density at radius 2 is 2.17 bits per heavy atom. The van der Waals surface area contributed by atoms with Crippen LogP contribution in [0.5, 0.6) is 0 Å². The number of guanidine groups is 1. The topological polar surface area (TPSA) is 50.4 Å². The van der Waals surface area contributed by atoms with Gasteiger partial charge in [0.1, 0.15) is 0 Å². The molecule has 1 heterocycles. The highest BCUT2D eigenvalue weighted by molar-refractivity contribution is 7.10. The molecule has 0 bridgehead atoms. The Morgan fingerprint density at radius 3 is 2.83 bits per heavy atom. The molecule has 1 aromatic heterocycles. The van der Waals surface area contributed by atoms with E-state index in [9.17, 15) is 0 Å². The van der Waals surface area contributed by atoms with Gasteiger partial charge in [0.25, 0.3) is 0 Å². The van der Waals surface area contributed by atoms with Crippen LogP contribution in [0.25, 0.3) is 0 Å². The van der Waals surface area contributed by atoms with Crippen LogP contribution < -0.4 is 11.1 Å². The largest absolute Gasteiger partial charge is 0.370 e. The first-order valence-corrected chi connectivity index (χ1v) is 6.69. The van der Waals surface area contributed by atoms with E-state index in [1.54, 1.807) is 11.3 Å². The zero-order valence-electron chi connectivity index (χ0n) is 10.6. The summed E-state index contributed by atoms with van der Waals surface area (Å²) < 4.78 is 0. The van der Waals surface area contributed by atoms with E-state index >= 15 is 0 Å². The zero-order chi connectivity index (χ0) is 13.0. The zero-order valence-corrected chi connectivity index (χ0v) is 11.4. The van der Waals surface area contributed by atoms with Gasteiger partial charge in [0.05, 0.1) is 6.54 Å². The van der Waals surface area contributed by atoms with Crippen LogP contribution in [0.3, 0.4) is 0 Å².